The Labute approximate surface area is 165 Å². The molecular formula is C24H23NO3. The molecule has 4 heteroatoms. The largest absolute Gasteiger partial charge is 0.454 e. The van der Waals surface area contributed by atoms with Gasteiger partial charge in [-0.3, -0.25) is 4.79 Å². The third-order valence-electron chi connectivity index (χ3n) is 5.05. The van der Waals surface area contributed by atoms with E-state index in [2.05, 4.69) is 18.2 Å². The minimum absolute atomic E-state index is 0.0272. The summed E-state index contributed by atoms with van der Waals surface area (Å²) in [7, 11) is 1.86. The Morgan fingerprint density at radius 2 is 1.61 bits per heavy atom. The van der Waals surface area contributed by atoms with E-state index in [9.17, 15) is 4.79 Å². The van der Waals surface area contributed by atoms with Crippen molar-refractivity contribution in [2.45, 2.75) is 12.3 Å². The molecule has 0 unspecified atom stereocenters. The van der Waals surface area contributed by atoms with Crippen LogP contribution in [0.5, 0.6) is 11.5 Å². The summed E-state index contributed by atoms with van der Waals surface area (Å²) in [4.78, 5) is 14.6. The Balaban J connectivity index is 1.58. The number of nitrogens with zero attached hydrogens (tertiary/aromatic N) is 1. The standard InChI is InChI=1S/C24H23NO3/c1-25(24(26)19-10-6-3-7-11-19)16-21(14-18-8-4-2-5-9-18)20-12-13-22-23(15-20)28-17-27-22/h2-13,15,21H,14,16-17H2,1H3/t21-/m1/s1. The van der Waals surface area contributed by atoms with Gasteiger partial charge in [0.05, 0.1) is 0 Å². The number of rotatable bonds is 6. The topological polar surface area (TPSA) is 38.8 Å². The zero-order valence-electron chi connectivity index (χ0n) is 15.9. The smallest absolute Gasteiger partial charge is 0.253 e. The van der Waals surface area contributed by atoms with Gasteiger partial charge in [-0.2, -0.15) is 0 Å². The molecule has 3 aromatic carbocycles. The SMILES string of the molecule is CN(C[C@@H](Cc1ccccc1)c1ccc2c(c1)OCO2)C(=O)c1ccccc1. The maximum atomic E-state index is 12.8. The van der Waals surface area contributed by atoms with Crippen molar-refractivity contribution in [2.24, 2.45) is 0 Å². The van der Waals surface area contributed by atoms with Crippen LogP contribution in [0.25, 0.3) is 0 Å². The predicted octanol–water partition coefficient (Wildman–Crippen LogP) is 4.51. The highest BCUT2D eigenvalue weighted by Gasteiger charge is 2.22. The molecule has 1 atom stereocenters. The number of fused-ring (bicyclic) bond motifs is 1. The van der Waals surface area contributed by atoms with Crippen LogP contribution in [-0.2, 0) is 6.42 Å². The van der Waals surface area contributed by atoms with Crippen LogP contribution in [0.1, 0.15) is 27.4 Å². The van der Waals surface area contributed by atoms with Crippen molar-refractivity contribution < 1.29 is 14.3 Å². The van der Waals surface area contributed by atoms with Crippen LogP contribution in [0.15, 0.2) is 78.9 Å². The highest BCUT2D eigenvalue weighted by Crippen LogP contribution is 2.35. The van der Waals surface area contributed by atoms with Crippen LogP contribution in [0.4, 0.5) is 0 Å². The summed E-state index contributed by atoms with van der Waals surface area (Å²) >= 11 is 0. The monoisotopic (exact) mass is 373 g/mol. The second kappa shape index (κ2) is 8.17. The summed E-state index contributed by atoms with van der Waals surface area (Å²) in [6.45, 7) is 0.872. The van der Waals surface area contributed by atoms with Crippen molar-refractivity contribution in [1.29, 1.82) is 0 Å². The molecule has 3 aromatic rings. The first-order chi connectivity index (χ1) is 13.7. The molecule has 1 heterocycles. The van der Waals surface area contributed by atoms with Crippen LogP contribution in [0.3, 0.4) is 0 Å². The predicted molar refractivity (Wildman–Crippen MR) is 109 cm³/mol. The molecule has 28 heavy (non-hydrogen) atoms. The molecule has 0 radical (unpaired) electrons. The minimum atomic E-state index is 0.0272. The number of benzene rings is 3. The lowest BCUT2D eigenvalue weighted by Gasteiger charge is -2.25. The van der Waals surface area contributed by atoms with Crippen LogP contribution in [0, 0.1) is 0 Å². The zero-order valence-corrected chi connectivity index (χ0v) is 15.9. The van der Waals surface area contributed by atoms with Crippen molar-refractivity contribution in [3.63, 3.8) is 0 Å². The van der Waals surface area contributed by atoms with E-state index < -0.39 is 0 Å². The summed E-state index contributed by atoms with van der Waals surface area (Å²) in [5.74, 6) is 1.72. The first-order valence-electron chi connectivity index (χ1n) is 9.44. The van der Waals surface area contributed by atoms with Gasteiger partial charge in [-0.05, 0) is 41.8 Å². The highest BCUT2D eigenvalue weighted by atomic mass is 16.7. The van der Waals surface area contributed by atoms with Gasteiger partial charge in [-0.1, -0.05) is 54.6 Å². The summed E-state index contributed by atoms with van der Waals surface area (Å²) < 4.78 is 11.0. The zero-order chi connectivity index (χ0) is 19.3. The third-order valence-corrected chi connectivity index (χ3v) is 5.05. The average molecular weight is 373 g/mol. The van der Waals surface area contributed by atoms with Crippen molar-refractivity contribution >= 4 is 5.91 Å². The minimum Gasteiger partial charge on any atom is -0.454 e. The van der Waals surface area contributed by atoms with Crippen molar-refractivity contribution in [3.05, 3.63) is 95.6 Å². The molecule has 0 aromatic heterocycles. The van der Waals surface area contributed by atoms with Crippen molar-refractivity contribution in [3.8, 4) is 11.5 Å². The van der Waals surface area contributed by atoms with Crippen molar-refractivity contribution in [1.82, 2.24) is 4.90 Å². The van der Waals surface area contributed by atoms with Crippen LogP contribution in [-0.4, -0.2) is 31.2 Å². The Morgan fingerprint density at radius 3 is 2.36 bits per heavy atom. The average Bonchev–Trinajstić information content (AvgIpc) is 3.22. The van der Waals surface area contributed by atoms with Crippen molar-refractivity contribution in [2.75, 3.05) is 20.4 Å². The molecule has 4 nitrogen and oxygen atoms in total. The van der Waals surface area contributed by atoms with Gasteiger partial charge in [0.1, 0.15) is 0 Å². The van der Waals surface area contributed by atoms with E-state index in [1.54, 1.807) is 4.90 Å². The third kappa shape index (κ3) is 4.01. The molecule has 1 aliphatic heterocycles. The maximum Gasteiger partial charge on any atom is 0.253 e. The van der Waals surface area contributed by atoms with Crippen LogP contribution in [0.2, 0.25) is 0 Å². The first-order valence-corrected chi connectivity index (χ1v) is 9.44. The van der Waals surface area contributed by atoms with E-state index in [0.717, 1.165) is 23.5 Å². The Kier molecular flexibility index (Phi) is 5.29. The van der Waals surface area contributed by atoms with Gasteiger partial charge in [0.15, 0.2) is 11.5 Å². The van der Waals surface area contributed by atoms with Crippen LogP contribution < -0.4 is 9.47 Å². The first kappa shape index (κ1) is 18.1. The van der Waals surface area contributed by atoms with Gasteiger partial charge < -0.3 is 14.4 Å². The molecule has 0 saturated heterocycles. The number of likely N-dealkylation sites (N-methyl/N-ethyl adjacent to an activating group) is 1. The molecule has 0 N–H and O–H groups in total. The number of carbonyl (C=O) groups excluding carboxylic acids is 1. The van der Waals surface area contributed by atoms with E-state index in [-0.39, 0.29) is 18.6 Å². The molecule has 0 spiro atoms. The number of hydrogen-bond donors (Lipinski definition) is 0. The number of hydrogen-bond acceptors (Lipinski definition) is 3. The van der Waals surface area contributed by atoms with E-state index in [1.165, 1.54) is 5.56 Å². The summed E-state index contributed by atoms with van der Waals surface area (Å²) in [5, 5.41) is 0. The summed E-state index contributed by atoms with van der Waals surface area (Å²) in [6, 6.07) is 25.8. The lowest BCUT2D eigenvalue weighted by atomic mass is 9.91. The van der Waals surface area contributed by atoms with Gasteiger partial charge in [0.25, 0.3) is 5.91 Å². The van der Waals surface area contributed by atoms with E-state index in [0.29, 0.717) is 12.1 Å². The molecule has 0 saturated carbocycles. The van der Waals surface area contributed by atoms with E-state index in [1.807, 2.05) is 67.7 Å². The molecule has 1 aliphatic rings. The summed E-state index contributed by atoms with van der Waals surface area (Å²) in [6.07, 6.45) is 0.840. The van der Waals surface area contributed by atoms with Crippen LogP contribution >= 0.6 is 0 Å². The van der Waals surface area contributed by atoms with Gasteiger partial charge in [-0.15, -0.1) is 0 Å². The molecule has 4 rings (SSSR count). The van der Waals surface area contributed by atoms with Gasteiger partial charge in [0.2, 0.25) is 6.79 Å². The fraction of sp³-hybridized carbons (Fsp3) is 0.208. The van der Waals surface area contributed by atoms with Gasteiger partial charge in [0, 0.05) is 25.1 Å². The maximum absolute atomic E-state index is 12.8. The Bertz CT molecular complexity index is 941. The number of amides is 1. The van der Waals surface area contributed by atoms with E-state index in [4.69, 9.17) is 9.47 Å². The number of carbonyl (C=O) groups is 1. The fourth-order valence-corrected chi connectivity index (χ4v) is 3.57. The second-order valence-electron chi connectivity index (χ2n) is 7.05. The quantitative estimate of drug-likeness (QED) is 0.638. The molecule has 0 bridgehead atoms. The Hall–Kier alpha value is -3.27. The Morgan fingerprint density at radius 1 is 0.929 bits per heavy atom. The fourth-order valence-electron chi connectivity index (χ4n) is 3.57. The van der Waals surface area contributed by atoms with E-state index >= 15 is 0 Å². The number of ether oxygens (including phenoxy) is 2. The van der Waals surface area contributed by atoms with Gasteiger partial charge in [-0.25, -0.2) is 0 Å². The lowest BCUT2D eigenvalue weighted by Crippen LogP contribution is -2.31. The molecule has 0 fully saturated rings. The molecule has 1 amide bonds. The van der Waals surface area contributed by atoms with Gasteiger partial charge >= 0.3 is 0 Å². The molecular weight excluding hydrogens is 350 g/mol. The second-order valence-corrected chi connectivity index (χ2v) is 7.05. The molecule has 142 valence electrons. The highest BCUT2D eigenvalue weighted by molar-refractivity contribution is 5.94. The summed E-state index contributed by atoms with van der Waals surface area (Å²) in [5.41, 5.74) is 3.08. The normalized spacial score (nSPS) is 13.2. The molecule has 0 aliphatic carbocycles. The lowest BCUT2D eigenvalue weighted by molar-refractivity contribution is 0.0786.